The Morgan fingerprint density at radius 3 is 2.46 bits per heavy atom. The maximum absolute atomic E-state index is 13.7. The number of likely N-dealkylation sites (tertiary alicyclic amines) is 1. The van der Waals surface area contributed by atoms with Gasteiger partial charge in [0.05, 0.1) is 36.2 Å². The van der Waals surface area contributed by atoms with Gasteiger partial charge in [-0.2, -0.15) is 0 Å². The summed E-state index contributed by atoms with van der Waals surface area (Å²) in [4.78, 5) is 55.0. The number of hydrogen-bond acceptors (Lipinski definition) is 14. The lowest BCUT2D eigenvalue weighted by Gasteiger charge is -2.23. The number of unbranched alkanes of at least 4 members (excludes halogenated alkanes) is 3. The number of benzene rings is 2. The van der Waals surface area contributed by atoms with Crippen LogP contribution in [0.4, 0.5) is 4.79 Å². The maximum atomic E-state index is 13.7. The van der Waals surface area contributed by atoms with Crippen LogP contribution in [0, 0.1) is 13.8 Å². The molecule has 3 N–H and O–H groups in total. The van der Waals surface area contributed by atoms with E-state index in [1.807, 2.05) is 48.5 Å². The first-order chi connectivity index (χ1) is 25.2. The number of amides is 1. The van der Waals surface area contributed by atoms with Gasteiger partial charge in [-0.1, -0.05) is 55.0 Å². The Balaban J connectivity index is 1.15. The van der Waals surface area contributed by atoms with Gasteiger partial charge in [0.2, 0.25) is 0 Å². The van der Waals surface area contributed by atoms with Gasteiger partial charge in [0.1, 0.15) is 11.9 Å². The van der Waals surface area contributed by atoms with Gasteiger partial charge in [-0.25, -0.2) is 24.7 Å². The van der Waals surface area contributed by atoms with Crippen molar-refractivity contribution in [1.29, 1.82) is 0 Å². The Hall–Kier alpha value is -5.62. The van der Waals surface area contributed by atoms with E-state index in [4.69, 9.17) is 19.9 Å². The summed E-state index contributed by atoms with van der Waals surface area (Å²) < 4.78 is 12.8. The number of aromatic nitrogens is 7. The second kappa shape index (κ2) is 16.6. The number of nitrogens with one attached hydrogen (secondary N) is 1. The van der Waals surface area contributed by atoms with Gasteiger partial charge in [-0.15, -0.1) is 5.10 Å². The minimum Gasteiger partial charge on any atom is -0.464 e. The van der Waals surface area contributed by atoms with E-state index < -0.39 is 23.7 Å². The Kier molecular flexibility index (Phi) is 11.5. The van der Waals surface area contributed by atoms with Crippen LogP contribution in [0.2, 0.25) is 0 Å². The second-order valence-corrected chi connectivity index (χ2v) is 12.4. The normalized spacial score (nSPS) is 14.3. The van der Waals surface area contributed by atoms with Crippen molar-refractivity contribution in [2.45, 2.75) is 65.0 Å². The summed E-state index contributed by atoms with van der Waals surface area (Å²) in [6.07, 6.45) is 2.94. The number of H-pyrrole nitrogens is 1. The van der Waals surface area contributed by atoms with Gasteiger partial charge in [0.15, 0.2) is 17.2 Å². The fraction of sp³-hybridized carbons (Fsp3) is 0.371. The largest absolute Gasteiger partial charge is 0.464 e. The van der Waals surface area contributed by atoms with Gasteiger partial charge >= 0.3 is 12.1 Å². The minimum absolute atomic E-state index is 0.0149. The number of hydrogen-bond donors (Lipinski definition) is 3. The van der Waals surface area contributed by atoms with Crippen molar-refractivity contribution < 1.29 is 34.3 Å². The van der Waals surface area contributed by atoms with E-state index in [1.165, 1.54) is 15.5 Å². The lowest BCUT2D eigenvalue weighted by atomic mass is 9.98. The Bertz CT molecular complexity index is 2070. The molecule has 2 aromatic carbocycles. The van der Waals surface area contributed by atoms with Crippen LogP contribution in [0.25, 0.3) is 33.5 Å². The number of tetrazole rings is 1. The first-order valence-electron chi connectivity index (χ1n) is 17.0. The monoisotopic (exact) mass is 713 g/mol. The van der Waals surface area contributed by atoms with Crippen molar-refractivity contribution in [3.63, 3.8) is 0 Å². The zero-order chi connectivity index (χ0) is 36.6. The lowest BCUT2D eigenvalue weighted by molar-refractivity contribution is -0.492. The number of carbonyl (C=O) groups is 2. The molecule has 0 spiro atoms. The molecular formula is C35H39N9O8. The number of rotatable bonds is 14. The third kappa shape index (κ3) is 8.46. The van der Waals surface area contributed by atoms with E-state index in [9.17, 15) is 14.4 Å². The molecule has 1 atom stereocenters. The third-order valence-electron chi connectivity index (χ3n) is 8.78. The first kappa shape index (κ1) is 36.2. The maximum Gasteiger partial charge on any atom is 0.416 e. The molecule has 1 saturated heterocycles. The lowest BCUT2D eigenvalue weighted by Crippen LogP contribution is -2.43. The summed E-state index contributed by atoms with van der Waals surface area (Å²) in [7, 11) is 0. The molecule has 4 heterocycles. The summed E-state index contributed by atoms with van der Waals surface area (Å²) in [6, 6.07) is 16.0. The molecule has 52 heavy (non-hydrogen) atoms. The van der Waals surface area contributed by atoms with E-state index in [-0.39, 0.29) is 30.9 Å². The van der Waals surface area contributed by atoms with Crippen molar-refractivity contribution >= 4 is 23.1 Å². The van der Waals surface area contributed by atoms with E-state index >= 15 is 0 Å². The number of esters is 1. The number of nitrogens with zero attached hydrogens (tertiary/aromatic N) is 8. The number of ether oxygens (including phenoxy) is 2. The summed E-state index contributed by atoms with van der Waals surface area (Å²) in [5.41, 5.74) is 4.00. The van der Waals surface area contributed by atoms with E-state index in [0.717, 1.165) is 35.1 Å². The van der Waals surface area contributed by atoms with Crippen LogP contribution in [0.3, 0.4) is 0 Å². The predicted octanol–water partition coefficient (Wildman–Crippen LogP) is 4.38. The summed E-state index contributed by atoms with van der Waals surface area (Å²) >= 11 is 0. The molecule has 0 aliphatic carbocycles. The molecule has 1 unspecified atom stereocenters. The smallest absolute Gasteiger partial charge is 0.416 e. The Morgan fingerprint density at radius 1 is 0.981 bits per heavy atom. The molecule has 3 aromatic heterocycles. The van der Waals surface area contributed by atoms with Crippen molar-refractivity contribution in [2.24, 2.45) is 0 Å². The predicted molar refractivity (Wildman–Crippen MR) is 184 cm³/mol. The van der Waals surface area contributed by atoms with Crippen LogP contribution < -0.4 is 10.3 Å². The van der Waals surface area contributed by atoms with Crippen LogP contribution >= 0.6 is 0 Å². The standard InChI is InChI=1S/C35H39N9O8/c1-22-31-29(52-35(47)42-17-9-12-28(42)34(46)50-18-7-3-4-8-19-51-44(48)49)20-30(45)43(33(31)37-23(2)36-22)21-24-13-15-25(16-14-24)26-10-5-6-11-27(26)32-38-40-41-39-32/h5-6,10-11,13-16,20,28,48-49H,3-4,7-9,12,17-19,21H2,1-2H3,(H,38,39,40,41). The summed E-state index contributed by atoms with van der Waals surface area (Å²) in [6.45, 7) is 4.31. The Morgan fingerprint density at radius 2 is 1.73 bits per heavy atom. The number of fused-ring (bicyclic) bond motifs is 1. The van der Waals surface area contributed by atoms with Crippen LogP contribution in [-0.4, -0.2) is 93.7 Å². The Labute approximate surface area is 297 Å². The number of aryl methyl sites for hydroxylation is 2. The van der Waals surface area contributed by atoms with Crippen molar-refractivity contribution in [3.8, 4) is 28.3 Å². The van der Waals surface area contributed by atoms with Gasteiger partial charge in [-0.3, -0.25) is 29.5 Å². The highest BCUT2D eigenvalue weighted by molar-refractivity contribution is 5.89. The minimum atomic E-state index is -0.811. The molecule has 1 fully saturated rings. The highest BCUT2D eigenvalue weighted by Gasteiger charge is 2.37. The fourth-order valence-electron chi connectivity index (χ4n) is 6.32. The molecule has 6 rings (SSSR count). The number of aromatic amines is 1. The molecule has 0 saturated carbocycles. The number of carbonyl (C=O) groups excluding carboxylic acids is 2. The first-order valence-corrected chi connectivity index (χ1v) is 17.0. The highest BCUT2D eigenvalue weighted by Crippen LogP contribution is 2.31. The average molecular weight is 714 g/mol. The molecule has 1 aliphatic heterocycles. The number of pyridine rings is 1. The molecule has 272 valence electrons. The molecule has 17 nitrogen and oxygen atoms in total. The van der Waals surface area contributed by atoms with Crippen molar-refractivity contribution in [2.75, 3.05) is 19.8 Å². The molecule has 1 aliphatic rings. The quantitative estimate of drug-likeness (QED) is 0.0828. The summed E-state index contributed by atoms with van der Waals surface area (Å²) in [5, 5.41) is 31.4. The topological polar surface area (TPSA) is 211 Å². The van der Waals surface area contributed by atoms with E-state index in [2.05, 4.69) is 35.4 Å². The molecular weight excluding hydrogens is 674 g/mol. The van der Waals surface area contributed by atoms with Crippen molar-refractivity contribution in [3.05, 3.63) is 82.0 Å². The van der Waals surface area contributed by atoms with Gasteiger partial charge in [0, 0.05) is 18.2 Å². The van der Waals surface area contributed by atoms with Gasteiger partial charge in [0.25, 0.3) is 5.56 Å². The van der Waals surface area contributed by atoms with Crippen LogP contribution in [0.5, 0.6) is 5.75 Å². The van der Waals surface area contributed by atoms with E-state index in [1.54, 1.807) is 13.8 Å². The molecule has 5 aromatic rings. The van der Waals surface area contributed by atoms with Crippen LogP contribution in [-0.2, 0) is 20.9 Å². The zero-order valence-electron chi connectivity index (χ0n) is 28.8. The van der Waals surface area contributed by atoms with Gasteiger partial charge in [-0.05, 0) is 73.1 Å². The van der Waals surface area contributed by atoms with Crippen molar-refractivity contribution in [1.82, 2.24) is 45.4 Å². The third-order valence-corrected chi connectivity index (χ3v) is 8.78. The van der Waals surface area contributed by atoms with E-state index in [0.29, 0.717) is 60.6 Å². The zero-order valence-corrected chi connectivity index (χ0v) is 28.8. The SMILES string of the molecule is Cc1nc(C)c2c(OC(=O)N3CCCC3C(=O)OCCCCCCON(O)O)cc(=O)n(Cc3ccc(-c4ccccc4-c4nnn[nH]4)cc3)c2n1. The second-order valence-electron chi connectivity index (χ2n) is 12.4. The van der Waals surface area contributed by atoms with Crippen LogP contribution in [0.15, 0.2) is 59.4 Å². The van der Waals surface area contributed by atoms with Gasteiger partial charge < -0.3 is 9.47 Å². The molecule has 17 heteroatoms. The molecule has 1 amide bonds. The molecule has 0 radical (unpaired) electrons. The summed E-state index contributed by atoms with van der Waals surface area (Å²) in [5.74, 6) is 0.499. The highest BCUT2D eigenvalue weighted by atomic mass is 17.1. The average Bonchev–Trinajstić information content (AvgIpc) is 3.85. The molecule has 0 bridgehead atoms. The fourth-order valence-corrected chi connectivity index (χ4v) is 6.32. The van der Waals surface area contributed by atoms with Crippen LogP contribution in [0.1, 0.15) is 55.6 Å².